The molecule has 0 aliphatic carbocycles. The first-order chi connectivity index (χ1) is 11.7. The van der Waals surface area contributed by atoms with Crippen LogP contribution in [0.1, 0.15) is 57.4 Å². The summed E-state index contributed by atoms with van der Waals surface area (Å²) in [6.45, 7) is 3.30. The lowest BCUT2D eigenvalue weighted by molar-refractivity contribution is -0.153. The zero-order valence-corrected chi connectivity index (χ0v) is 14.7. The number of hydrogen-bond acceptors (Lipinski definition) is 3. The van der Waals surface area contributed by atoms with Crippen LogP contribution in [0.2, 0.25) is 0 Å². The lowest BCUT2D eigenvalue weighted by Gasteiger charge is -2.23. The van der Waals surface area contributed by atoms with Gasteiger partial charge in [0.05, 0.1) is 6.61 Å². The highest BCUT2D eigenvalue weighted by Crippen LogP contribution is 2.20. The number of esters is 1. The number of hydrogen-bond donors (Lipinski definition) is 0. The maximum Gasteiger partial charge on any atom is 0.328 e. The first-order valence-electron chi connectivity index (χ1n) is 9.22. The number of benzene rings is 1. The molecule has 0 saturated carbocycles. The Morgan fingerprint density at radius 2 is 1.96 bits per heavy atom. The third-order valence-electron chi connectivity index (χ3n) is 4.56. The fourth-order valence-corrected chi connectivity index (χ4v) is 3.15. The minimum atomic E-state index is -0.376. The molecule has 1 aromatic carbocycles. The van der Waals surface area contributed by atoms with Crippen LogP contribution in [0.3, 0.4) is 0 Å². The standard InChI is InChI=1S/C20H29NO3/c1-2-3-4-8-16-24-20(23)18-12-9-15-21(18)19(22)14-13-17-10-6-5-7-11-17/h5-7,10-11,18H,2-4,8-9,12-16H2,1H3. The maximum atomic E-state index is 12.5. The highest BCUT2D eigenvalue weighted by Gasteiger charge is 2.34. The summed E-state index contributed by atoms with van der Waals surface area (Å²) in [5, 5.41) is 0. The summed E-state index contributed by atoms with van der Waals surface area (Å²) in [7, 11) is 0. The Balaban J connectivity index is 1.76. The van der Waals surface area contributed by atoms with E-state index in [4.69, 9.17) is 4.74 Å². The van der Waals surface area contributed by atoms with E-state index in [2.05, 4.69) is 6.92 Å². The Morgan fingerprint density at radius 1 is 1.17 bits per heavy atom. The third kappa shape index (κ3) is 5.66. The number of carbonyl (C=O) groups excluding carboxylic acids is 2. The number of nitrogens with zero attached hydrogens (tertiary/aromatic N) is 1. The van der Waals surface area contributed by atoms with E-state index < -0.39 is 0 Å². The summed E-state index contributed by atoms with van der Waals surface area (Å²) in [6, 6.07) is 9.61. The van der Waals surface area contributed by atoms with Crippen molar-refractivity contribution in [2.24, 2.45) is 0 Å². The second-order valence-electron chi connectivity index (χ2n) is 6.46. The summed E-state index contributed by atoms with van der Waals surface area (Å²) >= 11 is 0. The van der Waals surface area contributed by atoms with E-state index in [9.17, 15) is 9.59 Å². The van der Waals surface area contributed by atoms with Gasteiger partial charge in [0, 0.05) is 13.0 Å². The predicted molar refractivity (Wildman–Crippen MR) is 94.6 cm³/mol. The Bertz CT molecular complexity index is 515. The Morgan fingerprint density at radius 3 is 2.71 bits per heavy atom. The minimum Gasteiger partial charge on any atom is -0.464 e. The van der Waals surface area contributed by atoms with Gasteiger partial charge in [0.2, 0.25) is 5.91 Å². The van der Waals surface area contributed by atoms with Crippen LogP contribution >= 0.6 is 0 Å². The third-order valence-corrected chi connectivity index (χ3v) is 4.56. The zero-order valence-electron chi connectivity index (χ0n) is 14.7. The molecule has 24 heavy (non-hydrogen) atoms. The van der Waals surface area contributed by atoms with E-state index in [1.807, 2.05) is 30.3 Å². The van der Waals surface area contributed by atoms with Crippen molar-refractivity contribution in [1.29, 1.82) is 0 Å². The SMILES string of the molecule is CCCCCCOC(=O)C1CCCN1C(=O)CCc1ccccc1. The lowest BCUT2D eigenvalue weighted by atomic mass is 10.1. The Hall–Kier alpha value is -1.84. The van der Waals surface area contributed by atoms with Crippen molar-refractivity contribution in [3.8, 4) is 0 Å². The van der Waals surface area contributed by atoms with E-state index in [0.29, 0.717) is 19.6 Å². The second kappa shape index (κ2) is 10.1. The molecule has 0 aromatic heterocycles. The normalized spacial score (nSPS) is 17.0. The second-order valence-corrected chi connectivity index (χ2v) is 6.46. The van der Waals surface area contributed by atoms with Gasteiger partial charge in [-0.1, -0.05) is 56.5 Å². The van der Waals surface area contributed by atoms with Gasteiger partial charge in [-0.05, 0) is 31.2 Å². The lowest BCUT2D eigenvalue weighted by Crippen LogP contribution is -2.41. The van der Waals surface area contributed by atoms with Crippen LogP contribution in [0.5, 0.6) is 0 Å². The Labute approximate surface area is 145 Å². The monoisotopic (exact) mass is 331 g/mol. The van der Waals surface area contributed by atoms with Crippen molar-refractivity contribution in [2.45, 2.75) is 64.3 Å². The van der Waals surface area contributed by atoms with Crippen molar-refractivity contribution < 1.29 is 14.3 Å². The molecule has 1 fully saturated rings. The summed E-state index contributed by atoms with van der Waals surface area (Å²) in [5.74, 6) is -0.165. The molecule has 1 heterocycles. The molecule has 1 amide bonds. The topological polar surface area (TPSA) is 46.6 Å². The molecule has 4 heteroatoms. The number of rotatable bonds is 9. The highest BCUT2D eigenvalue weighted by molar-refractivity contribution is 5.85. The number of likely N-dealkylation sites (tertiary alicyclic amines) is 1. The van der Waals surface area contributed by atoms with Crippen LogP contribution < -0.4 is 0 Å². The average molecular weight is 331 g/mol. The van der Waals surface area contributed by atoms with Gasteiger partial charge in [-0.15, -0.1) is 0 Å². The van der Waals surface area contributed by atoms with Gasteiger partial charge in [0.15, 0.2) is 0 Å². The molecule has 0 spiro atoms. The van der Waals surface area contributed by atoms with Gasteiger partial charge in [-0.25, -0.2) is 4.79 Å². The van der Waals surface area contributed by atoms with Gasteiger partial charge in [-0.3, -0.25) is 4.79 Å². The van der Waals surface area contributed by atoms with Gasteiger partial charge >= 0.3 is 5.97 Å². The van der Waals surface area contributed by atoms with Crippen LogP contribution in [-0.4, -0.2) is 36.0 Å². The summed E-state index contributed by atoms with van der Waals surface area (Å²) < 4.78 is 5.38. The molecule has 0 bridgehead atoms. The molecule has 1 aromatic rings. The summed E-state index contributed by atoms with van der Waals surface area (Å²) in [6.07, 6.45) is 7.12. The van der Waals surface area contributed by atoms with Crippen molar-refractivity contribution in [2.75, 3.05) is 13.2 Å². The number of amides is 1. The van der Waals surface area contributed by atoms with Crippen LogP contribution in [0.25, 0.3) is 0 Å². The number of carbonyl (C=O) groups is 2. The van der Waals surface area contributed by atoms with Gasteiger partial charge in [0.25, 0.3) is 0 Å². The first-order valence-corrected chi connectivity index (χ1v) is 9.22. The minimum absolute atomic E-state index is 0.0595. The molecular formula is C20H29NO3. The molecule has 1 atom stereocenters. The molecule has 1 unspecified atom stereocenters. The van der Waals surface area contributed by atoms with E-state index >= 15 is 0 Å². The predicted octanol–water partition coefficient (Wildman–Crippen LogP) is 3.73. The van der Waals surface area contributed by atoms with Crippen LogP contribution in [0.15, 0.2) is 30.3 Å². The number of aryl methyl sites for hydroxylation is 1. The van der Waals surface area contributed by atoms with E-state index in [1.54, 1.807) is 4.90 Å². The summed E-state index contributed by atoms with van der Waals surface area (Å²) in [5.41, 5.74) is 1.15. The van der Waals surface area contributed by atoms with E-state index in [-0.39, 0.29) is 17.9 Å². The molecule has 132 valence electrons. The zero-order chi connectivity index (χ0) is 17.2. The molecule has 1 saturated heterocycles. The largest absolute Gasteiger partial charge is 0.464 e. The summed E-state index contributed by atoms with van der Waals surface area (Å²) in [4.78, 5) is 26.4. The smallest absolute Gasteiger partial charge is 0.328 e. The molecule has 0 radical (unpaired) electrons. The molecule has 0 N–H and O–H groups in total. The van der Waals surface area contributed by atoms with E-state index in [1.165, 1.54) is 12.8 Å². The number of ether oxygens (including phenoxy) is 1. The fourth-order valence-electron chi connectivity index (χ4n) is 3.15. The van der Waals surface area contributed by atoms with Crippen molar-refractivity contribution in [1.82, 2.24) is 4.90 Å². The quantitative estimate of drug-likeness (QED) is 0.511. The number of unbranched alkanes of at least 4 members (excludes halogenated alkanes) is 3. The molecule has 1 aliphatic rings. The van der Waals surface area contributed by atoms with Crippen molar-refractivity contribution >= 4 is 11.9 Å². The van der Waals surface area contributed by atoms with Crippen molar-refractivity contribution in [3.05, 3.63) is 35.9 Å². The Kier molecular flexibility index (Phi) is 7.80. The van der Waals surface area contributed by atoms with Crippen LogP contribution in [-0.2, 0) is 20.7 Å². The van der Waals surface area contributed by atoms with Gasteiger partial charge in [0.1, 0.15) is 6.04 Å². The van der Waals surface area contributed by atoms with Crippen LogP contribution in [0, 0.1) is 0 Å². The molecule has 4 nitrogen and oxygen atoms in total. The average Bonchev–Trinajstić information content (AvgIpc) is 3.10. The molecule has 1 aliphatic heterocycles. The highest BCUT2D eigenvalue weighted by atomic mass is 16.5. The fraction of sp³-hybridized carbons (Fsp3) is 0.600. The van der Waals surface area contributed by atoms with Gasteiger partial charge in [-0.2, -0.15) is 0 Å². The first kappa shape index (κ1) is 18.5. The molecule has 2 rings (SSSR count). The maximum absolute atomic E-state index is 12.5. The molecular weight excluding hydrogens is 302 g/mol. The van der Waals surface area contributed by atoms with Crippen LogP contribution in [0.4, 0.5) is 0 Å². The van der Waals surface area contributed by atoms with Gasteiger partial charge < -0.3 is 9.64 Å². The van der Waals surface area contributed by atoms with Crippen molar-refractivity contribution in [3.63, 3.8) is 0 Å². The van der Waals surface area contributed by atoms with E-state index in [0.717, 1.165) is 37.7 Å².